The highest BCUT2D eigenvalue weighted by molar-refractivity contribution is 6.02. The first-order valence-electron chi connectivity index (χ1n) is 5.87. The minimum Gasteiger partial charge on any atom is -0.0984 e. The Morgan fingerprint density at radius 2 is 0.889 bits per heavy atom. The Bertz CT molecular complexity index is 599. The average molecular weight is 232 g/mol. The minimum atomic E-state index is 1.06. The van der Waals surface area contributed by atoms with Gasteiger partial charge in [-0.05, 0) is 33.0 Å². The third-order valence-electron chi connectivity index (χ3n) is 3.19. The summed E-state index contributed by atoms with van der Waals surface area (Å²) in [5.41, 5.74) is 4.32. The predicted molar refractivity (Wildman–Crippen MR) is 84.3 cm³/mol. The van der Waals surface area contributed by atoms with Gasteiger partial charge in [-0.2, -0.15) is 0 Å². The third-order valence-corrected chi connectivity index (χ3v) is 3.19. The maximum atomic E-state index is 3.91. The molecule has 0 amide bonds. The zero-order valence-corrected chi connectivity index (χ0v) is 10.4. The van der Waals surface area contributed by atoms with Gasteiger partial charge in [-0.25, -0.2) is 0 Å². The Hall–Kier alpha value is -2.34. The average Bonchev–Trinajstić information content (AvgIpc) is 2.44. The van der Waals surface area contributed by atoms with Crippen LogP contribution in [-0.4, -0.2) is 0 Å². The van der Waals surface area contributed by atoms with Crippen LogP contribution >= 0.6 is 0 Å². The summed E-state index contributed by atoms with van der Waals surface area (Å²) < 4.78 is 0. The molecular formula is C18H16. The molecule has 0 bridgehead atoms. The molecule has 2 aromatic carbocycles. The molecule has 88 valence electrons. The number of fused-ring (bicyclic) bond motifs is 1. The first-order valence-corrected chi connectivity index (χ1v) is 5.87. The first kappa shape index (κ1) is 12.1. The van der Waals surface area contributed by atoms with Crippen LogP contribution in [0.15, 0.2) is 50.6 Å². The molecule has 2 aromatic rings. The number of benzene rings is 2. The van der Waals surface area contributed by atoms with E-state index in [1.807, 2.05) is 36.4 Å². The molecule has 0 N–H and O–H groups in total. The Labute approximate surface area is 108 Å². The molecule has 0 heteroatoms. The van der Waals surface area contributed by atoms with E-state index in [2.05, 4.69) is 38.4 Å². The van der Waals surface area contributed by atoms with Crippen LogP contribution in [0.25, 0.3) is 35.1 Å². The van der Waals surface area contributed by atoms with Gasteiger partial charge in [-0.15, -0.1) is 0 Å². The summed E-state index contributed by atoms with van der Waals surface area (Å²) in [5, 5.41) is 2.34. The van der Waals surface area contributed by atoms with Crippen LogP contribution in [-0.2, 0) is 0 Å². The van der Waals surface area contributed by atoms with E-state index >= 15 is 0 Å². The largest absolute Gasteiger partial charge is 0.0984 e. The molecule has 0 aliphatic heterocycles. The molecule has 0 aromatic heterocycles. The zero-order chi connectivity index (χ0) is 13.1. The molecule has 0 saturated carbocycles. The second-order valence-corrected chi connectivity index (χ2v) is 4.02. The second-order valence-electron chi connectivity index (χ2n) is 4.02. The molecule has 0 aliphatic rings. The molecular weight excluding hydrogens is 216 g/mol. The highest BCUT2D eigenvalue weighted by Crippen LogP contribution is 2.33. The quantitative estimate of drug-likeness (QED) is 0.661. The van der Waals surface area contributed by atoms with Crippen molar-refractivity contribution < 1.29 is 0 Å². The lowest BCUT2D eigenvalue weighted by Crippen LogP contribution is -1.94. The van der Waals surface area contributed by atoms with Gasteiger partial charge in [0.15, 0.2) is 0 Å². The summed E-state index contributed by atoms with van der Waals surface area (Å²) in [4.78, 5) is 0. The lowest BCUT2D eigenvalue weighted by molar-refractivity contribution is 1.60. The van der Waals surface area contributed by atoms with E-state index in [1.54, 1.807) is 0 Å². The molecule has 18 heavy (non-hydrogen) atoms. The van der Waals surface area contributed by atoms with Gasteiger partial charge in [0.05, 0.1) is 0 Å². The lowest BCUT2D eigenvalue weighted by atomic mass is 9.89. The molecule has 0 fully saturated rings. The molecule has 0 unspecified atom stereocenters. The maximum absolute atomic E-state index is 3.91. The van der Waals surface area contributed by atoms with Gasteiger partial charge in [-0.1, -0.05) is 74.9 Å². The lowest BCUT2D eigenvalue weighted by Gasteiger charge is -2.15. The summed E-state index contributed by atoms with van der Waals surface area (Å²) >= 11 is 0. The van der Waals surface area contributed by atoms with E-state index in [9.17, 15) is 0 Å². The highest BCUT2D eigenvalue weighted by atomic mass is 14.1. The van der Waals surface area contributed by atoms with Gasteiger partial charge in [0.1, 0.15) is 0 Å². The molecule has 0 nitrogen and oxygen atoms in total. The van der Waals surface area contributed by atoms with Crippen molar-refractivity contribution in [3.05, 3.63) is 72.8 Å². The van der Waals surface area contributed by atoms with Crippen LogP contribution in [0.5, 0.6) is 0 Å². The van der Waals surface area contributed by atoms with Crippen LogP contribution in [0.4, 0.5) is 0 Å². The van der Waals surface area contributed by atoms with E-state index in [1.165, 1.54) is 10.8 Å². The van der Waals surface area contributed by atoms with Crippen LogP contribution in [0, 0.1) is 0 Å². The van der Waals surface area contributed by atoms with E-state index in [4.69, 9.17) is 0 Å². The summed E-state index contributed by atoms with van der Waals surface area (Å²) in [5.74, 6) is 0. The van der Waals surface area contributed by atoms with Crippen molar-refractivity contribution in [1.82, 2.24) is 0 Å². The van der Waals surface area contributed by atoms with Crippen molar-refractivity contribution in [2.24, 2.45) is 0 Å². The van der Waals surface area contributed by atoms with Crippen molar-refractivity contribution in [2.75, 3.05) is 0 Å². The van der Waals surface area contributed by atoms with E-state index in [-0.39, 0.29) is 0 Å². The fraction of sp³-hybridized carbons (Fsp3) is 0. The van der Waals surface area contributed by atoms with Crippen LogP contribution in [0.1, 0.15) is 22.3 Å². The van der Waals surface area contributed by atoms with E-state index < -0.39 is 0 Å². The minimum absolute atomic E-state index is 1.06. The molecule has 0 radical (unpaired) electrons. The molecule has 0 aliphatic carbocycles. The Morgan fingerprint density at radius 3 is 1.17 bits per heavy atom. The maximum Gasteiger partial charge on any atom is -0.00992 e. The van der Waals surface area contributed by atoms with Crippen LogP contribution in [0.3, 0.4) is 0 Å². The standard InChI is InChI=1S/C18H16/c1-5-13-14(6-2)16(8-4)18-12-10-9-11-17(18)15(13)7-3/h5-12H,1-4H2. The molecule has 0 heterocycles. The molecule has 0 atom stereocenters. The Balaban J connectivity index is 3.13. The normalized spacial score (nSPS) is 10.0. The van der Waals surface area contributed by atoms with Crippen molar-refractivity contribution in [2.45, 2.75) is 0 Å². The monoisotopic (exact) mass is 232 g/mol. The number of rotatable bonds is 4. The summed E-state index contributed by atoms with van der Waals surface area (Å²) in [7, 11) is 0. The van der Waals surface area contributed by atoms with Gasteiger partial charge >= 0.3 is 0 Å². The number of hydrogen-bond acceptors (Lipinski definition) is 0. The van der Waals surface area contributed by atoms with Crippen molar-refractivity contribution in [3.63, 3.8) is 0 Å². The first-order chi connectivity index (χ1) is 8.78. The van der Waals surface area contributed by atoms with Gasteiger partial charge in [0.25, 0.3) is 0 Å². The number of hydrogen-bond donors (Lipinski definition) is 0. The second kappa shape index (κ2) is 4.89. The van der Waals surface area contributed by atoms with Gasteiger partial charge in [-0.3, -0.25) is 0 Å². The topological polar surface area (TPSA) is 0 Å². The fourth-order valence-electron chi connectivity index (χ4n) is 2.41. The predicted octanol–water partition coefficient (Wildman–Crippen LogP) is 5.41. The molecule has 0 spiro atoms. The summed E-state index contributed by atoms with van der Waals surface area (Å²) in [6.45, 7) is 15.6. The smallest absolute Gasteiger partial charge is 0.00992 e. The Morgan fingerprint density at radius 1 is 0.556 bits per heavy atom. The molecule has 0 saturated heterocycles. The summed E-state index contributed by atoms with van der Waals surface area (Å²) in [6.07, 6.45) is 7.46. The van der Waals surface area contributed by atoms with Gasteiger partial charge in [0, 0.05) is 0 Å². The SMILES string of the molecule is C=Cc1c(C=C)c(C=C)c2ccccc2c1C=C. The van der Waals surface area contributed by atoms with Crippen molar-refractivity contribution in [1.29, 1.82) is 0 Å². The Kier molecular flexibility index (Phi) is 3.29. The fourth-order valence-corrected chi connectivity index (χ4v) is 2.41. The van der Waals surface area contributed by atoms with E-state index in [0.29, 0.717) is 0 Å². The van der Waals surface area contributed by atoms with Crippen molar-refractivity contribution in [3.8, 4) is 0 Å². The van der Waals surface area contributed by atoms with Gasteiger partial charge in [0.2, 0.25) is 0 Å². The van der Waals surface area contributed by atoms with Crippen LogP contribution in [0.2, 0.25) is 0 Å². The summed E-state index contributed by atoms with van der Waals surface area (Å²) in [6, 6.07) is 8.25. The highest BCUT2D eigenvalue weighted by Gasteiger charge is 2.11. The van der Waals surface area contributed by atoms with Gasteiger partial charge < -0.3 is 0 Å². The van der Waals surface area contributed by atoms with Crippen molar-refractivity contribution >= 4 is 35.1 Å². The third kappa shape index (κ3) is 1.63. The van der Waals surface area contributed by atoms with E-state index in [0.717, 1.165) is 22.3 Å². The zero-order valence-electron chi connectivity index (χ0n) is 10.4. The van der Waals surface area contributed by atoms with Crippen LogP contribution < -0.4 is 0 Å². The molecule has 2 rings (SSSR count).